The fourth-order valence-corrected chi connectivity index (χ4v) is 0.967. The average molecular weight is 208 g/mol. The molecule has 1 amide bonds. The molecule has 1 rings (SSSR count). The standard InChI is InChI=1S/C11H16N2O2/c1-9(2)13(3)11(14)8-15-10-5-4-6-12-7-10/h4-7,9H,8H2,1-3H3. The maximum Gasteiger partial charge on any atom is 0.260 e. The van der Waals surface area contributed by atoms with E-state index in [2.05, 4.69) is 4.98 Å². The molecule has 15 heavy (non-hydrogen) atoms. The summed E-state index contributed by atoms with van der Waals surface area (Å²) < 4.78 is 5.29. The van der Waals surface area contributed by atoms with Crippen LogP contribution in [0.5, 0.6) is 5.75 Å². The van der Waals surface area contributed by atoms with Crippen LogP contribution in [-0.4, -0.2) is 35.5 Å². The minimum absolute atomic E-state index is 0.0335. The van der Waals surface area contributed by atoms with E-state index in [0.29, 0.717) is 5.75 Å². The van der Waals surface area contributed by atoms with Gasteiger partial charge in [0.2, 0.25) is 0 Å². The number of likely N-dealkylation sites (N-methyl/N-ethyl adjacent to an activating group) is 1. The molecule has 0 saturated carbocycles. The zero-order valence-corrected chi connectivity index (χ0v) is 9.30. The molecule has 0 aliphatic heterocycles. The van der Waals surface area contributed by atoms with Crippen molar-refractivity contribution < 1.29 is 9.53 Å². The predicted molar refractivity (Wildman–Crippen MR) is 57.6 cm³/mol. The van der Waals surface area contributed by atoms with Crippen LogP contribution in [0.15, 0.2) is 24.5 Å². The zero-order valence-electron chi connectivity index (χ0n) is 9.30. The predicted octanol–water partition coefficient (Wildman–Crippen LogP) is 1.33. The Balaban J connectivity index is 2.41. The first-order valence-corrected chi connectivity index (χ1v) is 4.89. The fourth-order valence-electron chi connectivity index (χ4n) is 0.967. The maximum atomic E-state index is 11.5. The molecule has 0 aliphatic rings. The van der Waals surface area contributed by atoms with Gasteiger partial charge in [-0.1, -0.05) is 0 Å². The first-order chi connectivity index (χ1) is 7.11. The number of carbonyl (C=O) groups excluding carboxylic acids is 1. The second-order valence-electron chi connectivity index (χ2n) is 3.58. The molecule has 1 aromatic rings. The monoisotopic (exact) mass is 208 g/mol. The highest BCUT2D eigenvalue weighted by molar-refractivity contribution is 5.77. The number of nitrogens with zero attached hydrogens (tertiary/aromatic N) is 2. The summed E-state index contributed by atoms with van der Waals surface area (Å²) in [5.41, 5.74) is 0. The number of hydrogen-bond donors (Lipinski definition) is 0. The van der Waals surface area contributed by atoms with Gasteiger partial charge in [-0.2, -0.15) is 0 Å². The van der Waals surface area contributed by atoms with Crippen LogP contribution in [0, 0.1) is 0 Å². The van der Waals surface area contributed by atoms with E-state index < -0.39 is 0 Å². The normalized spacial score (nSPS) is 10.1. The van der Waals surface area contributed by atoms with E-state index in [9.17, 15) is 4.79 Å². The maximum absolute atomic E-state index is 11.5. The van der Waals surface area contributed by atoms with Crippen LogP contribution >= 0.6 is 0 Å². The lowest BCUT2D eigenvalue weighted by molar-refractivity contribution is -0.133. The fraction of sp³-hybridized carbons (Fsp3) is 0.455. The van der Waals surface area contributed by atoms with Crippen molar-refractivity contribution in [2.45, 2.75) is 19.9 Å². The molecular weight excluding hydrogens is 192 g/mol. The minimum Gasteiger partial charge on any atom is -0.482 e. The van der Waals surface area contributed by atoms with Crippen LogP contribution in [0.2, 0.25) is 0 Å². The summed E-state index contributed by atoms with van der Waals surface area (Å²) in [5.74, 6) is 0.580. The number of rotatable bonds is 4. The average Bonchev–Trinajstić information content (AvgIpc) is 2.26. The topological polar surface area (TPSA) is 42.4 Å². The molecule has 1 heterocycles. The van der Waals surface area contributed by atoms with Crippen LogP contribution in [0.4, 0.5) is 0 Å². The van der Waals surface area contributed by atoms with Gasteiger partial charge in [0.15, 0.2) is 6.61 Å². The Hall–Kier alpha value is -1.58. The van der Waals surface area contributed by atoms with E-state index in [-0.39, 0.29) is 18.6 Å². The Bertz CT molecular complexity index is 312. The Morgan fingerprint density at radius 1 is 1.60 bits per heavy atom. The summed E-state index contributed by atoms with van der Waals surface area (Å²) >= 11 is 0. The second-order valence-corrected chi connectivity index (χ2v) is 3.58. The quantitative estimate of drug-likeness (QED) is 0.749. The molecule has 1 aromatic heterocycles. The van der Waals surface area contributed by atoms with Gasteiger partial charge >= 0.3 is 0 Å². The van der Waals surface area contributed by atoms with E-state index in [4.69, 9.17) is 4.74 Å². The van der Waals surface area contributed by atoms with Gasteiger partial charge in [-0.25, -0.2) is 0 Å². The SMILES string of the molecule is CC(C)N(C)C(=O)COc1cccnc1. The third-order valence-electron chi connectivity index (χ3n) is 2.16. The highest BCUT2D eigenvalue weighted by atomic mass is 16.5. The largest absolute Gasteiger partial charge is 0.482 e. The van der Waals surface area contributed by atoms with Crippen LogP contribution in [0.3, 0.4) is 0 Å². The third-order valence-corrected chi connectivity index (χ3v) is 2.16. The molecule has 0 aromatic carbocycles. The van der Waals surface area contributed by atoms with Gasteiger partial charge in [-0.3, -0.25) is 9.78 Å². The number of carbonyl (C=O) groups is 1. The smallest absolute Gasteiger partial charge is 0.260 e. The molecule has 0 saturated heterocycles. The van der Waals surface area contributed by atoms with Crippen molar-refractivity contribution in [3.05, 3.63) is 24.5 Å². The highest BCUT2D eigenvalue weighted by Gasteiger charge is 2.11. The first kappa shape index (κ1) is 11.5. The van der Waals surface area contributed by atoms with Crippen molar-refractivity contribution in [3.63, 3.8) is 0 Å². The van der Waals surface area contributed by atoms with Gasteiger partial charge < -0.3 is 9.64 Å². The van der Waals surface area contributed by atoms with E-state index in [1.54, 1.807) is 36.5 Å². The van der Waals surface area contributed by atoms with E-state index in [1.807, 2.05) is 13.8 Å². The number of aromatic nitrogens is 1. The summed E-state index contributed by atoms with van der Waals surface area (Å²) in [5, 5.41) is 0. The van der Waals surface area contributed by atoms with Crippen molar-refractivity contribution in [1.29, 1.82) is 0 Å². The number of ether oxygens (including phenoxy) is 1. The first-order valence-electron chi connectivity index (χ1n) is 4.89. The van der Waals surface area contributed by atoms with Crippen molar-refractivity contribution in [3.8, 4) is 5.75 Å². The third kappa shape index (κ3) is 3.58. The molecule has 0 spiro atoms. The van der Waals surface area contributed by atoms with E-state index in [0.717, 1.165) is 0 Å². The Labute approximate surface area is 89.9 Å². The molecule has 0 atom stereocenters. The van der Waals surface area contributed by atoms with Crippen LogP contribution in [0.25, 0.3) is 0 Å². The molecule has 0 aliphatic carbocycles. The van der Waals surface area contributed by atoms with E-state index in [1.165, 1.54) is 0 Å². The molecule has 82 valence electrons. The molecule has 4 heteroatoms. The molecule has 4 nitrogen and oxygen atoms in total. The molecule has 0 fully saturated rings. The molecule has 0 N–H and O–H groups in total. The Morgan fingerprint density at radius 3 is 2.87 bits per heavy atom. The van der Waals surface area contributed by atoms with Gasteiger partial charge in [0.25, 0.3) is 5.91 Å². The van der Waals surface area contributed by atoms with Gasteiger partial charge in [-0.05, 0) is 26.0 Å². The number of amides is 1. The van der Waals surface area contributed by atoms with Crippen molar-refractivity contribution in [2.75, 3.05) is 13.7 Å². The van der Waals surface area contributed by atoms with Gasteiger partial charge in [-0.15, -0.1) is 0 Å². The van der Waals surface area contributed by atoms with Gasteiger partial charge in [0.1, 0.15) is 5.75 Å². The molecule has 0 unspecified atom stereocenters. The van der Waals surface area contributed by atoms with Crippen LogP contribution < -0.4 is 4.74 Å². The summed E-state index contributed by atoms with van der Waals surface area (Å²) in [6, 6.07) is 3.73. The second kappa shape index (κ2) is 5.34. The zero-order chi connectivity index (χ0) is 11.3. The summed E-state index contributed by atoms with van der Waals surface area (Å²) in [6.45, 7) is 3.98. The number of pyridine rings is 1. The van der Waals surface area contributed by atoms with Crippen molar-refractivity contribution in [2.24, 2.45) is 0 Å². The van der Waals surface area contributed by atoms with Crippen molar-refractivity contribution >= 4 is 5.91 Å². The van der Waals surface area contributed by atoms with Gasteiger partial charge in [0.05, 0.1) is 6.20 Å². The van der Waals surface area contributed by atoms with E-state index >= 15 is 0 Å². The van der Waals surface area contributed by atoms with Crippen molar-refractivity contribution in [1.82, 2.24) is 9.88 Å². The number of hydrogen-bond acceptors (Lipinski definition) is 3. The molecular formula is C11H16N2O2. The molecule has 0 radical (unpaired) electrons. The molecule has 0 bridgehead atoms. The lowest BCUT2D eigenvalue weighted by atomic mass is 10.3. The summed E-state index contributed by atoms with van der Waals surface area (Å²) in [6.07, 6.45) is 3.25. The highest BCUT2D eigenvalue weighted by Crippen LogP contribution is 2.06. The Kier molecular flexibility index (Phi) is 4.09. The lowest BCUT2D eigenvalue weighted by Gasteiger charge is -2.21. The van der Waals surface area contributed by atoms with Crippen LogP contribution in [-0.2, 0) is 4.79 Å². The lowest BCUT2D eigenvalue weighted by Crippen LogP contribution is -2.36. The van der Waals surface area contributed by atoms with Crippen LogP contribution in [0.1, 0.15) is 13.8 Å². The summed E-state index contributed by atoms with van der Waals surface area (Å²) in [7, 11) is 1.76. The Morgan fingerprint density at radius 2 is 2.33 bits per heavy atom. The van der Waals surface area contributed by atoms with Gasteiger partial charge in [0, 0.05) is 19.3 Å². The summed E-state index contributed by atoms with van der Waals surface area (Å²) in [4.78, 5) is 17.1. The minimum atomic E-state index is -0.0335.